The van der Waals surface area contributed by atoms with Crippen LogP contribution in [0.4, 0.5) is 13.8 Å². The highest BCUT2D eigenvalue weighted by Gasteiger charge is 2.35. The van der Waals surface area contributed by atoms with Gasteiger partial charge in [0.05, 0.1) is 27.2 Å². The summed E-state index contributed by atoms with van der Waals surface area (Å²) in [5.41, 5.74) is 7.81. The van der Waals surface area contributed by atoms with Crippen LogP contribution < -0.4 is 15.5 Å². The number of benzene rings is 1. The third-order valence-electron chi connectivity index (χ3n) is 7.29. The Morgan fingerprint density at radius 3 is 2.71 bits per heavy atom. The fraction of sp³-hybridized carbons (Fsp3) is 0.250. The first-order chi connectivity index (χ1) is 18.2. The van der Waals surface area contributed by atoms with Crippen LogP contribution in [-0.2, 0) is 11.3 Å². The van der Waals surface area contributed by atoms with E-state index in [9.17, 15) is 19.2 Å². The van der Waals surface area contributed by atoms with Crippen molar-refractivity contribution in [2.75, 3.05) is 25.4 Å². The number of fused-ring (bicyclic) bond motifs is 1. The summed E-state index contributed by atoms with van der Waals surface area (Å²) in [4.78, 5) is 29.4. The number of rotatable bonds is 3. The summed E-state index contributed by atoms with van der Waals surface area (Å²) >= 11 is 0.897. The molecule has 2 N–H and O–H groups in total. The fourth-order valence-corrected chi connectivity index (χ4v) is 6.36. The Balaban J connectivity index is 1.73. The van der Waals surface area contributed by atoms with Crippen molar-refractivity contribution in [1.29, 1.82) is 5.26 Å². The quantitative estimate of drug-likeness (QED) is 0.524. The molecule has 0 radical (unpaired) electrons. The van der Waals surface area contributed by atoms with Gasteiger partial charge in [0.1, 0.15) is 22.7 Å². The van der Waals surface area contributed by atoms with E-state index in [0.29, 0.717) is 43.5 Å². The van der Waals surface area contributed by atoms with Crippen LogP contribution in [0.1, 0.15) is 33.6 Å². The predicted octanol–water partition coefficient (Wildman–Crippen LogP) is 2.94. The molecule has 5 rings (SSSR count). The van der Waals surface area contributed by atoms with Gasteiger partial charge in [-0.05, 0) is 43.7 Å². The monoisotopic (exact) mass is 533 g/mol. The van der Waals surface area contributed by atoms with Gasteiger partial charge in [-0.25, -0.2) is 8.78 Å². The van der Waals surface area contributed by atoms with Crippen molar-refractivity contribution in [1.82, 2.24) is 14.4 Å². The summed E-state index contributed by atoms with van der Waals surface area (Å²) < 4.78 is 32.5. The molecule has 1 fully saturated rings. The van der Waals surface area contributed by atoms with Gasteiger partial charge in [0.25, 0.3) is 5.91 Å². The average Bonchev–Trinajstić information content (AvgIpc) is 3.41. The number of halogens is 2. The lowest BCUT2D eigenvalue weighted by molar-refractivity contribution is -0.128. The first kappa shape index (κ1) is 25.4. The molecule has 1 saturated heterocycles. The van der Waals surface area contributed by atoms with Crippen LogP contribution in [0.25, 0.3) is 22.8 Å². The predicted molar refractivity (Wildman–Crippen MR) is 144 cm³/mol. The minimum atomic E-state index is -0.672. The van der Waals surface area contributed by atoms with Gasteiger partial charge in [-0.3, -0.25) is 9.59 Å². The van der Waals surface area contributed by atoms with Crippen LogP contribution in [0, 0.1) is 24.1 Å². The zero-order chi connectivity index (χ0) is 27.3. The van der Waals surface area contributed by atoms with Crippen molar-refractivity contribution in [3.8, 4) is 6.07 Å². The van der Waals surface area contributed by atoms with Crippen LogP contribution in [0.15, 0.2) is 37.4 Å². The molecule has 3 aromatic rings. The van der Waals surface area contributed by atoms with E-state index >= 15 is 4.39 Å². The van der Waals surface area contributed by atoms with Gasteiger partial charge in [-0.2, -0.15) is 5.26 Å². The van der Waals surface area contributed by atoms with E-state index in [1.807, 2.05) is 17.6 Å². The smallest absolute Gasteiger partial charge is 0.256 e. The largest absolute Gasteiger partial charge is 0.389 e. The molecule has 2 amide bonds. The van der Waals surface area contributed by atoms with E-state index < -0.39 is 11.6 Å². The minimum absolute atomic E-state index is 0.0572. The molecule has 2 aliphatic rings. The van der Waals surface area contributed by atoms with E-state index in [2.05, 4.69) is 13.2 Å². The number of amides is 2. The number of thiophene rings is 1. The number of hydrogen-bond donors (Lipinski definition) is 1. The second-order valence-corrected chi connectivity index (χ2v) is 10.4. The molecule has 10 heteroatoms. The molecule has 7 nitrogen and oxygen atoms in total. The molecule has 0 spiro atoms. The van der Waals surface area contributed by atoms with E-state index in [4.69, 9.17) is 5.73 Å². The number of nitrogens with zero attached hydrogens (tertiary/aromatic N) is 4. The van der Waals surface area contributed by atoms with E-state index in [1.165, 1.54) is 18.2 Å². The standard InChI is InChI=1S/C28H25F2N5O2S/c1-4-22(29)26-19(21(13-31)27(32)38-26)11-17-18-10-15(3)34-7-6-16-14-33(24(36)5-2)8-9-35(16)28(37)20(25(18)34)12-23(17)30/h4-5,10-12,16H,1-2,6-9,14,32H2,3H3/b19-11+,26-22-/t16-/m1/s1. The molecular weight excluding hydrogens is 508 g/mol. The third-order valence-corrected chi connectivity index (χ3v) is 8.34. The Morgan fingerprint density at radius 2 is 2.03 bits per heavy atom. The van der Waals surface area contributed by atoms with Crippen molar-refractivity contribution >= 4 is 51.0 Å². The maximum Gasteiger partial charge on any atom is 0.256 e. The number of carbonyl (C=O) groups is 2. The molecule has 1 atom stereocenters. The van der Waals surface area contributed by atoms with Crippen molar-refractivity contribution in [3.05, 3.63) is 75.4 Å². The van der Waals surface area contributed by atoms with E-state index in [-0.39, 0.29) is 49.3 Å². The summed E-state index contributed by atoms with van der Waals surface area (Å²) in [6.07, 6.45) is 4.32. The van der Waals surface area contributed by atoms with Gasteiger partial charge in [-0.1, -0.05) is 13.2 Å². The summed E-state index contributed by atoms with van der Waals surface area (Å²) in [6, 6.07) is 4.79. The highest BCUT2D eigenvalue weighted by Crippen LogP contribution is 2.34. The highest BCUT2D eigenvalue weighted by atomic mass is 32.1. The summed E-state index contributed by atoms with van der Waals surface area (Å²) in [5.74, 6) is -1.82. The van der Waals surface area contributed by atoms with Gasteiger partial charge in [0, 0.05) is 48.0 Å². The molecule has 0 saturated carbocycles. The van der Waals surface area contributed by atoms with Gasteiger partial charge in [0.2, 0.25) is 5.91 Å². The van der Waals surface area contributed by atoms with Crippen molar-refractivity contribution in [3.63, 3.8) is 0 Å². The fourth-order valence-electron chi connectivity index (χ4n) is 5.43. The minimum Gasteiger partial charge on any atom is -0.389 e. The highest BCUT2D eigenvalue weighted by molar-refractivity contribution is 7.14. The Labute approximate surface area is 221 Å². The average molecular weight is 534 g/mol. The van der Waals surface area contributed by atoms with Crippen LogP contribution in [0.5, 0.6) is 0 Å². The molecular formula is C28H25F2N5O2S. The number of hydrogen-bond acceptors (Lipinski definition) is 5. The number of nitriles is 1. The number of nitrogen functional groups attached to an aromatic ring is 1. The Morgan fingerprint density at radius 1 is 1.26 bits per heavy atom. The number of carbonyl (C=O) groups excluding carboxylic acids is 2. The lowest BCUT2D eigenvalue weighted by Crippen LogP contribution is -2.57. The van der Waals surface area contributed by atoms with Gasteiger partial charge >= 0.3 is 0 Å². The molecule has 194 valence electrons. The van der Waals surface area contributed by atoms with Gasteiger partial charge in [0.15, 0.2) is 0 Å². The normalized spacial score (nSPS) is 18.5. The van der Waals surface area contributed by atoms with E-state index in [1.54, 1.807) is 15.9 Å². The van der Waals surface area contributed by atoms with Crippen molar-refractivity contribution in [2.45, 2.75) is 25.9 Å². The Hall–Kier alpha value is -4.23. The molecule has 0 aliphatic carbocycles. The lowest BCUT2D eigenvalue weighted by atomic mass is 9.99. The molecule has 0 bridgehead atoms. The molecule has 2 aliphatic heterocycles. The van der Waals surface area contributed by atoms with Crippen LogP contribution in [-0.4, -0.2) is 51.9 Å². The number of allylic oxidation sites excluding steroid dienone is 1. The third kappa shape index (κ3) is 3.90. The second-order valence-electron chi connectivity index (χ2n) is 9.34. The number of nitrogens with two attached hydrogens (primary N) is 1. The first-order valence-electron chi connectivity index (χ1n) is 12.1. The van der Waals surface area contributed by atoms with Gasteiger partial charge in [-0.15, -0.1) is 11.3 Å². The maximum absolute atomic E-state index is 15.8. The molecule has 4 heterocycles. The molecule has 1 aromatic carbocycles. The zero-order valence-corrected chi connectivity index (χ0v) is 21.6. The van der Waals surface area contributed by atoms with Crippen molar-refractivity contribution in [2.24, 2.45) is 0 Å². The number of anilines is 1. The van der Waals surface area contributed by atoms with Gasteiger partial charge < -0.3 is 20.1 Å². The van der Waals surface area contributed by atoms with Crippen molar-refractivity contribution < 1.29 is 18.4 Å². The second kappa shape index (κ2) is 9.58. The lowest BCUT2D eigenvalue weighted by Gasteiger charge is -2.42. The summed E-state index contributed by atoms with van der Waals surface area (Å²) in [6.45, 7) is 10.5. The van der Waals surface area contributed by atoms with Crippen LogP contribution in [0.3, 0.4) is 0 Å². The number of aromatic nitrogens is 1. The van der Waals surface area contributed by atoms with Crippen LogP contribution >= 0.6 is 11.3 Å². The topological polar surface area (TPSA) is 95.4 Å². The SMILES string of the molecule is C=CC(=O)N1CCN2C(=O)c3cc(F)c(/C=c4\c(C#N)c(N)s\c4=C(/F)C=C)c4cc(C)n(c34)CC[C@@H]2C1. The van der Waals surface area contributed by atoms with Crippen LogP contribution in [0.2, 0.25) is 0 Å². The number of aryl methyl sites for hydroxylation is 2. The first-order valence-corrected chi connectivity index (χ1v) is 12.9. The zero-order valence-electron chi connectivity index (χ0n) is 20.8. The number of piperazine rings is 1. The molecule has 2 aromatic heterocycles. The Bertz CT molecular complexity index is 1710. The summed E-state index contributed by atoms with van der Waals surface area (Å²) in [5, 5.41) is 10.5. The molecule has 0 unspecified atom stereocenters. The molecule has 38 heavy (non-hydrogen) atoms. The maximum atomic E-state index is 15.8. The Kier molecular flexibility index (Phi) is 6.41. The summed E-state index contributed by atoms with van der Waals surface area (Å²) in [7, 11) is 0. The van der Waals surface area contributed by atoms with E-state index in [0.717, 1.165) is 23.1 Å².